The Balaban J connectivity index is 0. The standard InChI is InChI=1S/C5H10O2.Ti/c1-5(2,3)4(6)7;/h1-3H3,(H,6,7);. The summed E-state index contributed by atoms with van der Waals surface area (Å²) in [5, 5.41) is 8.25. The molecule has 0 aliphatic rings. The third-order valence-electron chi connectivity index (χ3n) is 0.642. The van der Waals surface area contributed by atoms with E-state index in [0.29, 0.717) is 0 Å². The van der Waals surface area contributed by atoms with Crippen molar-refractivity contribution in [1.82, 2.24) is 0 Å². The summed E-state index contributed by atoms with van der Waals surface area (Å²) in [6.07, 6.45) is 0. The maximum atomic E-state index is 10.0. The molecule has 0 saturated carbocycles. The predicted molar refractivity (Wildman–Crippen MR) is 27.1 cm³/mol. The van der Waals surface area contributed by atoms with Gasteiger partial charge in [0.05, 0.1) is 5.41 Å². The van der Waals surface area contributed by atoms with Crippen molar-refractivity contribution in [3.8, 4) is 0 Å². The van der Waals surface area contributed by atoms with Crippen LogP contribution >= 0.6 is 0 Å². The molecule has 1 N–H and O–H groups in total. The Morgan fingerprint density at radius 3 is 1.50 bits per heavy atom. The van der Waals surface area contributed by atoms with Crippen LogP contribution in [0.1, 0.15) is 20.8 Å². The van der Waals surface area contributed by atoms with Gasteiger partial charge in [0.2, 0.25) is 0 Å². The topological polar surface area (TPSA) is 37.3 Å². The zero-order valence-corrected chi connectivity index (χ0v) is 6.92. The largest absolute Gasteiger partial charge is 0.481 e. The van der Waals surface area contributed by atoms with Crippen LogP contribution in [-0.2, 0) is 26.5 Å². The fourth-order valence-electron chi connectivity index (χ4n) is 0. The van der Waals surface area contributed by atoms with Crippen molar-refractivity contribution in [2.75, 3.05) is 0 Å². The summed E-state index contributed by atoms with van der Waals surface area (Å²) in [5.74, 6) is -0.757. The van der Waals surface area contributed by atoms with Crippen LogP contribution in [-0.4, -0.2) is 11.1 Å². The number of hydrogen-bond donors (Lipinski definition) is 1. The van der Waals surface area contributed by atoms with Gasteiger partial charge in [-0.1, -0.05) is 0 Å². The molecule has 0 fully saturated rings. The third kappa shape index (κ3) is 4.35. The molecule has 0 aromatic rings. The van der Waals surface area contributed by atoms with Gasteiger partial charge < -0.3 is 5.11 Å². The summed E-state index contributed by atoms with van der Waals surface area (Å²) in [7, 11) is 0. The Morgan fingerprint density at radius 1 is 1.38 bits per heavy atom. The minimum absolute atomic E-state index is 0. The molecule has 0 aliphatic heterocycles. The minimum Gasteiger partial charge on any atom is -0.481 e. The molecule has 0 spiro atoms. The second kappa shape index (κ2) is 3.26. The Morgan fingerprint density at radius 2 is 1.50 bits per heavy atom. The molecular formula is C5H10O2Ti. The molecule has 0 unspecified atom stereocenters. The first-order chi connectivity index (χ1) is 2.94. The molecule has 0 atom stereocenters. The van der Waals surface area contributed by atoms with Crippen molar-refractivity contribution in [3.05, 3.63) is 0 Å². The van der Waals surface area contributed by atoms with E-state index in [1.807, 2.05) is 0 Å². The smallest absolute Gasteiger partial charge is 0.308 e. The van der Waals surface area contributed by atoms with Gasteiger partial charge >= 0.3 is 5.97 Å². The molecular weight excluding hydrogens is 140 g/mol. The van der Waals surface area contributed by atoms with Crippen LogP contribution in [0.5, 0.6) is 0 Å². The van der Waals surface area contributed by atoms with E-state index in [1.165, 1.54) is 0 Å². The number of carboxylic acid groups (broad SMARTS) is 1. The molecule has 0 saturated heterocycles. The summed E-state index contributed by atoms with van der Waals surface area (Å²) in [6, 6.07) is 0. The maximum Gasteiger partial charge on any atom is 0.308 e. The summed E-state index contributed by atoms with van der Waals surface area (Å²) in [6.45, 7) is 4.99. The van der Waals surface area contributed by atoms with E-state index < -0.39 is 11.4 Å². The Hall–Kier alpha value is 0.184. The van der Waals surface area contributed by atoms with E-state index >= 15 is 0 Å². The molecule has 3 heteroatoms. The number of hydrogen-bond acceptors (Lipinski definition) is 1. The van der Waals surface area contributed by atoms with E-state index in [0.717, 1.165) is 0 Å². The van der Waals surface area contributed by atoms with Gasteiger partial charge in [-0.3, -0.25) is 4.79 Å². The van der Waals surface area contributed by atoms with E-state index in [-0.39, 0.29) is 21.7 Å². The average molecular weight is 150 g/mol. The Kier molecular flexibility index (Phi) is 4.50. The van der Waals surface area contributed by atoms with E-state index in [9.17, 15) is 4.79 Å². The van der Waals surface area contributed by atoms with Crippen LogP contribution in [0, 0.1) is 5.41 Å². The maximum absolute atomic E-state index is 10.0. The van der Waals surface area contributed by atoms with Gasteiger partial charge in [0.1, 0.15) is 0 Å². The first-order valence-electron chi connectivity index (χ1n) is 2.18. The summed E-state index contributed by atoms with van der Waals surface area (Å²) < 4.78 is 0. The van der Waals surface area contributed by atoms with Crippen molar-refractivity contribution in [2.45, 2.75) is 20.8 Å². The molecule has 0 aliphatic carbocycles. The molecule has 46 valence electrons. The van der Waals surface area contributed by atoms with Crippen LogP contribution in [0.15, 0.2) is 0 Å². The van der Waals surface area contributed by atoms with E-state index in [1.54, 1.807) is 20.8 Å². The molecule has 0 rings (SSSR count). The van der Waals surface area contributed by atoms with Crippen LogP contribution < -0.4 is 0 Å². The second-order valence-electron chi connectivity index (χ2n) is 2.56. The second-order valence-corrected chi connectivity index (χ2v) is 2.56. The Bertz CT molecular complexity index is 82.9. The van der Waals surface area contributed by atoms with Gasteiger partial charge in [-0.25, -0.2) is 0 Å². The quantitative estimate of drug-likeness (QED) is 0.525. The summed E-state index contributed by atoms with van der Waals surface area (Å²) >= 11 is 0. The Labute approximate surface area is 64.2 Å². The van der Waals surface area contributed by atoms with Gasteiger partial charge in [0, 0.05) is 21.7 Å². The number of carboxylic acids is 1. The average Bonchev–Trinajstić information content (AvgIpc) is 1.31. The van der Waals surface area contributed by atoms with Crippen molar-refractivity contribution in [2.24, 2.45) is 5.41 Å². The SMILES string of the molecule is CC(C)(C)C(=O)O.[Ti]. The van der Waals surface area contributed by atoms with Crippen molar-refractivity contribution in [3.63, 3.8) is 0 Å². The van der Waals surface area contributed by atoms with Gasteiger partial charge in [-0.2, -0.15) is 0 Å². The zero-order chi connectivity index (χ0) is 6.08. The molecule has 8 heavy (non-hydrogen) atoms. The van der Waals surface area contributed by atoms with E-state index in [2.05, 4.69) is 0 Å². The van der Waals surface area contributed by atoms with Crippen LogP contribution in [0.2, 0.25) is 0 Å². The molecule has 0 aromatic carbocycles. The van der Waals surface area contributed by atoms with E-state index in [4.69, 9.17) is 5.11 Å². The molecule has 0 bridgehead atoms. The van der Waals surface area contributed by atoms with Crippen molar-refractivity contribution >= 4 is 5.97 Å². The fraction of sp³-hybridized carbons (Fsp3) is 0.800. The molecule has 0 heterocycles. The first-order valence-corrected chi connectivity index (χ1v) is 2.18. The molecule has 0 aromatic heterocycles. The monoisotopic (exact) mass is 150 g/mol. The zero-order valence-electron chi connectivity index (χ0n) is 5.36. The third-order valence-corrected chi connectivity index (χ3v) is 0.642. The molecule has 2 nitrogen and oxygen atoms in total. The predicted octanol–water partition coefficient (Wildman–Crippen LogP) is 1.11. The van der Waals surface area contributed by atoms with Gasteiger partial charge in [0.15, 0.2) is 0 Å². The molecule has 0 amide bonds. The van der Waals surface area contributed by atoms with Crippen LogP contribution in [0.3, 0.4) is 0 Å². The summed E-state index contributed by atoms with van der Waals surface area (Å²) in [5.41, 5.74) is -0.583. The number of aliphatic carboxylic acids is 1. The van der Waals surface area contributed by atoms with Crippen LogP contribution in [0.4, 0.5) is 0 Å². The first kappa shape index (κ1) is 11.0. The van der Waals surface area contributed by atoms with Crippen molar-refractivity contribution < 1.29 is 31.6 Å². The molecule has 0 radical (unpaired) electrons. The fourth-order valence-corrected chi connectivity index (χ4v) is 0. The van der Waals surface area contributed by atoms with Crippen LogP contribution in [0.25, 0.3) is 0 Å². The number of carbonyl (C=O) groups is 1. The van der Waals surface area contributed by atoms with Gasteiger partial charge in [-0.05, 0) is 20.8 Å². The minimum atomic E-state index is -0.757. The van der Waals surface area contributed by atoms with Crippen molar-refractivity contribution in [1.29, 1.82) is 0 Å². The van der Waals surface area contributed by atoms with Gasteiger partial charge in [0.25, 0.3) is 0 Å². The number of rotatable bonds is 0. The van der Waals surface area contributed by atoms with Gasteiger partial charge in [-0.15, -0.1) is 0 Å². The normalized spacial score (nSPS) is 9.88. The summed E-state index contributed by atoms with van der Waals surface area (Å²) in [4.78, 5) is 10.0.